The van der Waals surface area contributed by atoms with E-state index in [1.54, 1.807) is 25.3 Å². The summed E-state index contributed by atoms with van der Waals surface area (Å²) in [5, 5.41) is 4.48. The van der Waals surface area contributed by atoms with Crippen LogP contribution in [0.5, 0.6) is 0 Å². The molecule has 124 valence electrons. The van der Waals surface area contributed by atoms with Crippen molar-refractivity contribution in [1.29, 1.82) is 0 Å². The number of furan rings is 1. The highest BCUT2D eigenvalue weighted by Crippen LogP contribution is 2.32. The Morgan fingerprint density at radius 2 is 2.00 bits per heavy atom. The number of pyridine rings is 1. The van der Waals surface area contributed by atoms with Crippen LogP contribution in [0.25, 0.3) is 28.2 Å². The number of aromatic nitrogens is 1. The lowest BCUT2D eigenvalue weighted by molar-refractivity contribution is -0.116. The quantitative estimate of drug-likeness (QED) is 0.725. The number of hydrogen-bond donors (Lipinski definition) is 1. The van der Waals surface area contributed by atoms with E-state index in [1.165, 1.54) is 18.3 Å². The Balaban J connectivity index is 1.86. The lowest BCUT2D eigenvalue weighted by atomic mass is 10.1. The molecule has 3 heterocycles. The minimum absolute atomic E-state index is 0.185. The molecule has 0 unspecified atom stereocenters. The van der Waals surface area contributed by atoms with Gasteiger partial charge >= 0.3 is 0 Å². The van der Waals surface area contributed by atoms with Crippen molar-refractivity contribution < 1.29 is 18.0 Å². The highest BCUT2D eigenvalue weighted by molar-refractivity contribution is 6.26. The van der Waals surface area contributed by atoms with E-state index < -0.39 is 11.6 Å². The van der Waals surface area contributed by atoms with E-state index in [9.17, 15) is 13.6 Å². The van der Waals surface area contributed by atoms with Crippen molar-refractivity contribution in [2.75, 3.05) is 0 Å². The van der Waals surface area contributed by atoms with Crippen molar-refractivity contribution in [3.05, 3.63) is 59.6 Å². The molecule has 1 amide bonds. The molecule has 0 fully saturated rings. The van der Waals surface area contributed by atoms with Crippen LogP contribution in [0.15, 0.2) is 51.8 Å². The van der Waals surface area contributed by atoms with Gasteiger partial charge in [0, 0.05) is 35.0 Å². The number of fused-ring (bicyclic) bond motifs is 1. The molecule has 0 saturated heterocycles. The summed E-state index contributed by atoms with van der Waals surface area (Å²) in [7, 11) is 0. The standard InChI is InChI=1S/C18H11F2N3O2/c1-9-14(18(24)23-22-9)6-12-4-10-7-21-8-15(17(10)25-12)13-3-2-11(19)5-16(13)20/h2-8H,1H3,(H,23,24)/b14-6+. The van der Waals surface area contributed by atoms with E-state index in [0.29, 0.717) is 33.6 Å². The maximum atomic E-state index is 14.1. The zero-order valence-electron chi connectivity index (χ0n) is 13.0. The number of nitrogens with one attached hydrogen (secondary N) is 1. The number of nitrogens with zero attached hydrogens (tertiary/aromatic N) is 2. The van der Waals surface area contributed by atoms with Gasteiger partial charge in [0.2, 0.25) is 0 Å². The van der Waals surface area contributed by atoms with Gasteiger partial charge in [0.15, 0.2) is 0 Å². The predicted molar refractivity (Wildman–Crippen MR) is 88.6 cm³/mol. The van der Waals surface area contributed by atoms with E-state index in [0.717, 1.165) is 6.07 Å². The van der Waals surface area contributed by atoms with Crippen LogP contribution in [0.3, 0.4) is 0 Å². The summed E-state index contributed by atoms with van der Waals surface area (Å²) < 4.78 is 33.0. The Bertz CT molecular complexity index is 1080. The topological polar surface area (TPSA) is 67.5 Å². The maximum Gasteiger partial charge on any atom is 0.273 e. The second-order valence-electron chi connectivity index (χ2n) is 5.57. The largest absolute Gasteiger partial charge is 0.456 e. The number of hydrogen-bond acceptors (Lipinski definition) is 4. The molecule has 0 spiro atoms. The molecule has 0 atom stereocenters. The highest BCUT2D eigenvalue weighted by atomic mass is 19.1. The summed E-state index contributed by atoms with van der Waals surface area (Å²) in [6.45, 7) is 1.70. The molecule has 1 aliphatic rings. The molecule has 1 N–H and O–H groups in total. The molecule has 4 rings (SSSR count). The van der Waals surface area contributed by atoms with Crippen LogP contribution in [0.1, 0.15) is 12.7 Å². The molecular weight excluding hydrogens is 328 g/mol. The molecule has 7 heteroatoms. The molecule has 0 saturated carbocycles. The predicted octanol–water partition coefficient (Wildman–Crippen LogP) is 3.66. The lowest BCUT2D eigenvalue weighted by Gasteiger charge is -2.03. The third-order valence-corrected chi connectivity index (χ3v) is 3.91. The fourth-order valence-electron chi connectivity index (χ4n) is 2.68. The van der Waals surface area contributed by atoms with Crippen LogP contribution in [0.2, 0.25) is 0 Å². The van der Waals surface area contributed by atoms with Gasteiger partial charge in [0.1, 0.15) is 23.0 Å². The first-order valence-electron chi connectivity index (χ1n) is 7.42. The first-order valence-corrected chi connectivity index (χ1v) is 7.42. The average molecular weight is 339 g/mol. The molecule has 2 aromatic heterocycles. The second-order valence-corrected chi connectivity index (χ2v) is 5.57. The Morgan fingerprint density at radius 1 is 1.16 bits per heavy atom. The highest BCUT2D eigenvalue weighted by Gasteiger charge is 2.20. The van der Waals surface area contributed by atoms with Crippen LogP contribution in [0.4, 0.5) is 8.78 Å². The first-order chi connectivity index (χ1) is 12.0. The summed E-state index contributed by atoms with van der Waals surface area (Å²) in [6.07, 6.45) is 4.58. The normalized spacial score (nSPS) is 15.7. The number of carbonyl (C=O) groups is 1. The van der Waals surface area contributed by atoms with Gasteiger partial charge in [-0.05, 0) is 31.2 Å². The van der Waals surface area contributed by atoms with E-state index in [1.807, 2.05) is 0 Å². The Morgan fingerprint density at radius 3 is 2.72 bits per heavy atom. The van der Waals surface area contributed by atoms with Crippen molar-refractivity contribution in [3.8, 4) is 11.1 Å². The van der Waals surface area contributed by atoms with Gasteiger partial charge in [-0.2, -0.15) is 5.10 Å². The Hall–Kier alpha value is -3.35. The maximum absolute atomic E-state index is 14.1. The number of halogens is 2. The smallest absolute Gasteiger partial charge is 0.273 e. The van der Waals surface area contributed by atoms with Crippen LogP contribution >= 0.6 is 0 Å². The van der Waals surface area contributed by atoms with Crippen molar-refractivity contribution in [2.24, 2.45) is 5.10 Å². The van der Waals surface area contributed by atoms with Crippen molar-refractivity contribution in [1.82, 2.24) is 10.4 Å². The Kier molecular flexibility index (Phi) is 3.42. The zero-order chi connectivity index (χ0) is 17.6. The summed E-state index contributed by atoms with van der Waals surface area (Å²) >= 11 is 0. The summed E-state index contributed by atoms with van der Waals surface area (Å²) in [4.78, 5) is 15.8. The van der Waals surface area contributed by atoms with Gasteiger partial charge in [0.25, 0.3) is 5.91 Å². The van der Waals surface area contributed by atoms with Gasteiger partial charge in [-0.1, -0.05) is 0 Å². The molecule has 3 aromatic rings. The van der Waals surface area contributed by atoms with Crippen LogP contribution in [-0.4, -0.2) is 16.6 Å². The van der Waals surface area contributed by atoms with Gasteiger partial charge in [0.05, 0.1) is 11.3 Å². The molecule has 0 bridgehead atoms. The number of hydrazone groups is 1. The third-order valence-electron chi connectivity index (χ3n) is 3.91. The monoisotopic (exact) mass is 339 g/mol. The van der Waals surface area contributed by atoms with Crippen molar-refractivity contribution in [2.45, 2.75) is 6.92 Å². The van der Waals surface area contributed by atoms with Crippen molar-refractivity contribution >= 4 is 28.7 Å². The fraction of sp³-hybridized carbons (Fsp3) is 0.0556. The number of benzene rings is 1. The van der Waals surface area contributed by atoms with Crippen LogP contribution < -0.4 is 5.43 Å². The zero-order valence-corrected chi connectivity index (χ0v) is 13.0. The first kappa shape index (κ1) is 15.2. The van der Waals surface area contributed by atoms with Crippen molar-refractivity contribution in [3.63, 3.8) is 0 Å². The van der Waals surface area contributed by atoms with Crippen LogP contribution in [0, 0.1) is 11.6 Å². The number of rotatable bonds is 2. The SMILES string of the molecule is CC1=NNC(=O)/C1=C/c1cc2cncc(-c3ccc(F)cc3F)c2o1. The summed E-state index contributed by atoms with van der Waals surface area (Å²) in [6, 6.07) is 5.01. The molecule has 0 aliphatic carbocycles. The van der Waals surface area contributed by atoms with E-state index in [4.69, 9.17) is 4.42 Å². The summed E-state index contributed by atoms with van der Waals surface area (Å²) in [5.74, 6) is -1.27. The number of carbonyl (C=O) groups excluding carboxylic acids is 1. The summed E-state index contributed by atoms with van der Waals surface area (Å²) in [5.41, 5.74) is 4.30. The second kappa shape index (κ2) is 5.62. The molecule has 1 aliphatic heterocycles. The third kappa shape index (κ3) is 2.59. The molecule has 1 aromatic carbocycles. The van der Waals surface area contributed by atoms with Gasteiger partial charge in [-0.25, -0.2) is 14.2 Å². The fourth-order valence-corrected chi connectivity index (χ4v) is 2.68. The minimum Gasteiger partial charge on any atom is -0.456 e. The Labute approximate surface area is 140 Å². The van der Waals surface area contributed by atoms with Gasteiger partial charge in [-0.3, -0.25) is 9.78 Å². The van der Waals surface area contributed by atoms with E-state index >= 15 is 0 Å². The van der Waals surface area contributed by atoms with Gasteiger partial charge in [-0.15, -0.1) is 0 Å². The van der Waals surface area contributed by atoms with E-state index in [-0.39, 0.29) is 11.5 Å². The molecule has 5 nitrogen and oxygen atoms in total. The number of amides is 1. The minimum atomic E-state index is -0.705. The van der Waals surface area contributed by atoms with Gasteiger partial charge < -0.3 is 4.42 Å². The molecule has 25 heavy (non-hydrogen) atoms. The van der Waals surface area contributed by atoms with Crippen LogP contribution in [-0.2, 0) is 4.79 Å². The van der Waals surface area contributed by atoms with E-state index in [2.05, 4.69) is 15.5 Å². The average Bonchev–Trinajstić information content (AvgIpc) is 3.13. The molecular formula is C18H11F2N3O2. The lowest BCUT2D eigenvalue weighted by Crippen LogP contribution is -2.12. The molecule has 0 radical (unpaired) electrons.